The zero-order chi connectivity index (χ0) is 14.5. The van der Waals surface area contributed by atoms with Crippen LogP contribution in [0.1, 0.15) is 5.69 Å². The molecule has 0 bridgehead atoms. The molecule has 7 nitrogen and oxygen atoms in total. The van der Waals surface area contributed by atoms with E-state index in [4.69, 9.17) is 15.3 Å². The molecule has 0 aliphatic heterocycles. The monoisotopic (exact) mass is 269 g/mol. The van der Waals surface area contributed by atoms with Gasteiger partial charge in [0.25, 0.3) is 0 Å². The van der Waals surface area contributed by atoms with Gasteiger partial charge >= 0.3 is 11.3 Å². The van der Waals surface area contributed by atoms with Crippen molar-refractivity contribution < 1.29 is 13.9 Å². The number of hydrogen-bond acceptors (Lipinski definition) is 5. The van der Waals surface area contributed by atoms with E-state index in [9.17, 15) is 4.79 Å². The number of nitrogens with zero attached hydrogens (tertiary/aromatic N) is 3. The Hall–Kier alpha value is -3.32. The summed E-state index contributed by atoms with van der Waals surface area (Å²) >= 11 is 0. The molecule has 2 rings (SSSR count). The maximum atomic E-state index is 11.6. The highest BCUT2D eigenvalue weighted by molar-refractivity contribution is 5.57. The molecule has 0 fully saturated rings. The number of nitriles is 2. The predicted octanol–water partition coefficient (Wildman–Crippen LogP) is 0.684. The molecule has 98 valence electrons. The normalized spacial score (nSPS) is 9.35. The number of benzene rings is 1. The summed E-state index contributed by atoms with van der Waals surface area (Å²) in [4.78, 5) is 11.6. The van der Waals surface area contributed by atoms with Gasteiger partial charge in [-0.3, -0.25) is 4.52 Å². The molecule has 0 atom stereocenters. The van der Waals surface area contributed by atoms with E-state index in [-0.39, 0.29) is 11.3 Å². The summed E-state index contributed by atoms with van der Waals surface area (Å²) in [6.45, 7) is 0. The quantitative estimate of drug-likeness (QED) is 0.651. The molecule has 1 aromatic heterocycles. The predicted molar refractivity (Wildman–Crippen MR) is 66.6 cm³/mol. The van der Waals surface area contributed by atoms with E-state index in [0.717, 1.165) is 6.08 Å². The Balaban J connectivity index is 2.54. The van der Waals surface area contributed by atoms with Gasteiger partial charge in [0, 0.05) is 18.2 Å². The van der Waals surface area contributed by atoms with Crippen LogP contribution in [0.4, 0.5) is 0 Å². The third kappa shape index (κ3) is 2.42. The summed E-state index contributed by atoms with van der Waals surface area (Å²) < 4.78 is 11.1. The summed E-state index contributed by atoms with van der Waals surface area (Å²) in [6, 6.07) is 10.2. The van der Waals surface area contributed by atoms with Crippen LogP contribution in [0.25, 0.3) is 11.8 Å². The van der Waals surface area contributed by atoms with Gasteiger partial charge < -0.3 is 4.74 Å². The number of allylic oxidation sites excluding steroid dienone is 1. The van der Waals surface area contributed by atoms with Crippen LogP contribution >= 0.6 is 0 Å². The molecule has 0 saturated carbocycles. The summed E-state index contributed by atoms with van der Waals surface area (Å²) in [6.07, 6.45) is 1.16. The topological polar surface area (TPSA) is 107 Å². The standard InChI is InChI=1S/C13H8N4O3/c1-19-11-4-2-10(3-5-11)17-12(13(18)20-16-17)6-9(7-14)8-15/h2-6H,1H3/p+1. The Bertz CT molecular complexity index is 769. The first-order valence-electron chi connectivity index (χ1n) is 5.49. The molecule has 0 aliphatic rings. The fourth-order valence-electron chi connectivity index (χ4n) is 1.55. The Kier molecular flexibility index (Phi) is 3.64. The van der Waals surface area contributed by atoms with Crippen LogP contribution in [0.3, 0.4) is 0 Å². The second-order valence-corrected chi connectivity index (χ2v) is 3.68. The van der Waals surface area contributed by atoms with Gasteiger partial charge in [0.2, 0.25) is 5.69 Å². The lowest BCUT2D eigenvalue weighted by Crippen LogP contribution is -2.36. The van der Waals surface area contributed by atoms with Crippen LogP contribution in [0.15, 0.2) is 39.2 Å². The first kappa shape index (κ1) is 13.1. The number of rotatable bonds is 3. The number of hydrogen-bond donors (Lipinski definition) is 1. The molecular formula is C13H9N4O3+. The molecule has 1 aromatic carbocycles. The minimum atomic E-state index is -0.677. The third-order valence-corrected chi connectivity index (χ3v) is 2.53. The second kappa shape index (κ2) is 5.55. The number of H-pyrrole nitrogens is 1. The Morgan fingerprint density at radius 1 is 1.35 bits per heavy atom. The zero-order valence-corrected chi connectivity index (χ0v) is 10.5. The molecule has 1 N–H and O–H groups in total. The summed E-state index contributed by atoms with van der Waals surface area (Å²) in [5, 5.41) is 19.9. The summed E-state index contributed by atoms with van der Waals surface area (Å²) in [5.41, 5.74) is -0.227. The van der Waals surface area contributed by atoms with Crippen LogP contribution in [-0.4, -0.2) is 12.4 Å². The molecule has 0 saturated heterocycles. The van der Waals surface area contributed by atoms with Crippen LogP contribution in [0, 0.1) is 22.7 Å². The number of ether oxygens (including phenoxy) is 1. The van der Waals surface area contributed by atoms with Crippen LogP contribution < -0.4 is 15.0 Å². The van der Waals surface area contributed by atoms with E-state index >= 15 is 0 Å². The van der Waals surface area contributed by atoms with Crippen molar-refractivity contribution in [3.05, 3.63) is 46.0 Å². The minimum Gasteiger partial charge on any atom is -0.497 e. The third-order valence-electron chi connectivity index (χ3n) is 2.53. The fourth-order valence-corrected chi connectivity index (χ4v) is 1.55. The van der Waals surface area contributed by atoms with Gasteiger partial charge in [-0.1, -0.05) is 0 Å². The lowest BCUT2D eigenvalue weighted by Gasteiger charge is -1.97. The summed E-state index contributed by atoms with van der Waals surface area (Å²) in [7, 11) is 1.54. The average Bonchev–Trinajstić information content (AvgIpc) is 2.85. The van der Waals surface area contributed by atoms with Crippen LogP contribution in [0.5, 0.6) is 5.75 Å². The molecule has 20 heavy (non-hydrogen) atoms. The number of aromatic nitrogens is 2. The first-order valence-corrected chi connectivity index (χ1v) is 5.49. The lowest BCUT2D eigenvalue weighted by molar-refractivity contribution is -0.672. The van der Waals surface area contributed by atoms with E-state index in [1.165, 1.54) is 4.68 Å². The SMILES string of the molecule is COc1ccc(-[n+]2[nH]oc(=O)c2C=C(C#N)C#N)cc1. The van der Waals surface area contributed by atoms with Crippen molar-refractivity contribution in [1.29, 1.82) is 10.5 Å². The van der Waals surface area contributed by atoms with Crippen LogP contribution in [0.2, 0.25) is 0 Å². The van der Waals surface area contributed by atoms with Crippen LogP contribution in [-0.2, 0) is 0 Å². The fraction of sp³-hybridized carbons (Fsp3) is 0.0769. The van der Waals surface area contributed by atoms with Crippen molar-refractivity contribution in [3.63, 3.8) is 0 Å². The van der Waals surface area contributed by atoms with E-state index in [0.29, 0.717) is 11.4 Å². The highest BCUT2D eigenvalue weighted by Crippen LogP contribution is 2.11. The maximum Gasteiger partial charge on any atom is 0.435 e. The molecule has 0 amide bonds. The summed E-state index contributed by atoms with van der Waals surface area (Å²) in [5.74, 6) is 0.659. The Labute approximate surface area is 113 Å². The lowest BCUT2D eigenvalue weighted by atomic mass is 10.2. The van der Waals surface area contributed by atoms with E-state index < -0.39 is 5.63 Å². The average molecular weight is 269 g/mol. The zero-order valence-electron chi connectivity index (χ0n) is 10.5. The van der Waals surface area contributed by atoms with E-state index in [2.05, 4.69) is 9.79 Å². The number of methoxy groups -OCH3 is 1. The van der Waals surface area contributed by atoms with Gasteiger partial charge in [0.1, 0.15) is 23.5 Å². The van der Waals surface area contributed by atoms with Gasteiger partial charge in [0.05, 0.1) is 7.11 Å². The Morgan fingerprint density at radius 3 is 2.55 bits per heavy atom. The maximum absolute atomic E-state index is 11.6. The van der Waals surface area contributed by atoms with Crippen molar-refractivity contribution >= 4 is 6.08 Å². The van der Waals surface area contributed by atoms with E-state index in [1.807, 2.05) is 0 Å². The smallest absolute Gasteiger partial charge is 0.435 e. The number of nitrogens with one attached hydrogen (secondary N) is 1. The minimum absolute atomic E-state index is 0.0493. The van der Waals surface area contributed by atoms with Crippen molar-refractivity contribution in [1.82, 2.24) is 5.27 Å². The molecule has 0 aliphatic carbocycles. The molecule has 0 spiro atoms. The molecule has 2 aromatic rings. The number of aromatic amines is 1. The molecule has 0 unspecified atom stereocenters. The molecule has 1 heterocycles. The van der Waals surface area contributed by atoms with Crippen molar-refractivity contribution in [2.75, 3.05) is 7.11 Å². The van der Waals surface area contributed by atoms with Crippen molar-refractivity contribution in [2.24, 2.45) is 0 Å². The Morgan fingerprint density at radius 2 is 2.00 bits per heavy atom. The highest BCUT2D eigenvalue weighted by Gasteiger charge is 2.22. The highest BCUT2D eigenvalue weighted by atomic mass is 16.5. The van der Waals surface area contributed by atoms with Crippen molar-refractivity contribution in [3.8, 4) is 23.6 Å². The molecule has 0 radical (unpaired) electrons. The molecular weight excluding hydrogens is 260 g/mol. The largest absolute Gasteiger partial charge is 0.497 e. The van der Waals surface area contributed by atoms with Gasteiger partial charge in [-0.05, 0) is 22.1 Å². The van der Waals surface area contributed by atoms with Gasteiger partial charge in [0.15, 0.2) is 0 Å². The van der Waals surface area contributed by atoms with Gasteiger partial charge in [-0.2, -0.15) is 10.5 Å². The van der Waals surface area contributed by atoms with Gasteiger partial charge in [-0.25, -0.2) is 4.79 Å². The van der Waals surface area contributed by atoms with Crippen molar-refractivity contribution in [2.45, 2.75) is 0 Å². The second-order valence-electron chi connectivity index (χ2n) is 3.68. The van der Waals surface area contributed by atoms with E-state index in [1.54, 1.807) is 43.5 Å². The van der Waals surface area contributed by atoms with Gasteiger partial charge in [-0.15, -0.1) is 0 Å². The molecule has 7 heteroatoms. The first-order chi connectivity index (χ1) is 9.69.